The molecule has 1 spiro atoms. The van der Waals surface area contributed by atoms with E-state index in [1.807, 2.05) is 0 Å². The lowest BCUT2D eigenvalue weighted by molar-refractivity contribution is 0.266. The van der Waals surface area contributed by atoms with E-state index < -0.39 is 0 Å². The summed E-state index contributed by atoms with van der Waals surface area (Å²) in [6.45, 7) is 7.24. The second-order valence-corrected chi connectivity index (χ2v) is 6.56. The number of rotatable bonds is 1. The molecule has 2 heterocycles. The van der Waals surface area contributed by atoms with Gasteiger partial charge in [-0.25, -0.2) is 3.11 Å². The van der Waals surface area contributed by atoms with E-state index >= 15 is 0 Å². The molecule has 13 heavy (non-hydrogen) atoms. The van der Waals surface area contributed by atoms with Gasteiger partial charge in [0.15, 0.2) is 0 Å². The van der Waals surface area contributed by atoms with Gasteiger partial charge in [-0.1, -0.05) is 0 Å². The molecule has 0 amide bonds. The van der Waals surface area contributed by atoms with Crippen molar-refractivity contribution < 1.29 is 0 Å². The van der Waals surface area contributed by atoms with Crippen LogP contribution in [0.25, 0.3) is 0 Å². The zero-order valence-corrected chi connectivity index (χ0v) is 11.1. The molecule has 0 aromatic heterocycles. The topological polar surface area (TPSA) is 6.48 Å². The average Bonchev–Trinajstić information content (AvgIpc) is 2.61. The number of hydrogen-bond acceptors (Lipinski definition) is 3. The predicted octanol–water partition coefficient (Wildman–Crippen LogP) is 2.01. The van der Waals surface area contributed by atoms with Crippen molar-refractivity contribution in [1.82, 2.24) is 8.01 Å². The maximum Gasteiger partial charge on any atom is 0.0499 e. The molecule has 2 rings (SSSR count). The van der Waals surface area contributed by atoms with Crippen LogP contribution in [0.3, 0.4) is 0 Å². The minimum atomic E-state index is 0.433. The summed E-state index contributed by atoms with van der Waals surface area (Å²) in [5.74, 6) is 0. The van der Waals surface area contributed by atoms with Crippen molar-refractivity contribution in [2.75, 3.05) is 26.2 Å². The number of hydrogen-bond donors (Lipinski definition) is 1. The van der Waals surface area contributed by atoms with Crippen LogP contribution in [0.5, 0.6) is 0 Å². The highest BCUT2D eigenvalue weighted by molar-refractivity contribution is 14.1. The summed E-state index contributed by atoms with van der Waals surface area (Å²) >= 11 is 6.95. The van der Waals surface area contributed by atoms with Crippen molar-refractivity contribution >= 4 is 35.5 Å². The van der Waals surface area contributed by atoms with E-state index in [4.69, 9.17) is 0 Å². The van der Waals surface area contributed by atoms with Gasteiger partial charge < -0.3 is 0 Å². The smallest absolute Gasteiger partial charge is 0.0499 e. The Morgan fingerprint density at radius 1 is 1.31 bits per heavy atom. The van der Waals surface area contributed by atoms with Gasteiger partial charge in [0.1, 0.15) is 0 Å². The van der Waals surface area contributed by atoms with Gasteiger partial charge >= 0.3 is 0 Å². The van der Waals surface area contributed by atoms with Gasteiger partial charge in [0.25, 0.3) is 0 Å². The van der Waals surface area contributed by atoms with Crippen molar-refractivity contribution in [2.45, 2.75) is 25.1 Å². The Bertz CT molecular complexity index is 200. The summed E-state index contributed by atoms with van der Waals surface area (Å²) in [6.07, 6.45) is 2.75. The molecule has 2 aliphatic heterocycles. The molecule has 4 heteroatoms. The molecule has 0 aliphatic carbocycles. The summed E-state index contributed by atoms with van der Waals surface area (Å²) in [5.41, 5.74) is 0.609. The van der Waals surface area contributed by atoms with Crippen LogP contribution in [0.4, 0.5) is 0 Å². The van der Waals surface area contributed by atoms with E-state index in [0.29, 0.717) is 10.8 Å². The molecule has 0 saturated carbocycles. The zero-order valence-electron chi connectivity index (χ0n) is 8.04. The molecule has 2 atom stereocenters. The molecule has 76 valence electrons. The van der Waals surface area contributed by atoms with Crippen LogP contribution < -0.4 is 0 Å². The molecule has 2 aliphatic rings. The SMILES string of the molecule is C[C@H](S)N1CCC2(CCN(I)C2)C1. The summed E-state index contributed by atoms with van der Waals surface area (Å²) in [5, 5.41) is 0.433. The lowest BCUT2D eigenvalue weighted by atomic mass is 9.87. The van der Waals surface area contributed by atoms with Crippen molar-refractivity contribution in [3.63, 3.8) is 0 Å². The third-order valence-corrected chi connectivity index (χ3v) is 4.54. The second kappa shape index (κ2) is 3.87. The van der Waals surface area contributed by atoms with E-state index in [-0.39, 0.29) is 0 Å². The van der Waals surface area contributed by atoms with Crippen LogP contribution in [-0.2, 0) is 0 Å². The number of likely N-dealkylation sites (tertiary alicyclic amines) is 1. The van der Waals surface area contributed by atoms with E-state index in [2.05, 4.69) is 50.4 Å². The summed E-state index contributed by atoms with van der Waals surface area (Å²) in [4.78, 5) is 2.50. The first-order valence-corrected chi connectivity index (χ1v) is 6.42. The first-order valence-electron chi connectivity index (χ1n) is 4.94. The number of halogens is 1. The summed E-state index contributed by atoms with van der Waals surface area (Å²) in [6, 6.07) is 0. The van der Waals surface area contributed by atoms with Crippen LogP contribution in [0.1, 0.15) is 19.8 Å². The van der Waals surface area contributed by atoms with Gasteiger partial charge in [0.2, 0.25) is 0 Å². The molecule has 0 aromatic carbocycles. The molecule has 1 unspecified atom stereocenters. The van der Waals surface area contributed by atoms with E-state index in [1.54, 1.807) is 0 Å². The monoisotopic (exact) mass is 312 g/mol. The fourth-order valence-corrected chi connectivity index (χ4v) is 3.66. The van der Waals surface area contributed by atoms with Gasteiger partial charge in [-0.15, -0.1) is 0 Å². The predicted molar refractivity (Wildman–Crippen MR) is 67.3 cm³/mol. The number of nitrogens with zero attached hydrogens (tertiary/aromatic N) is 2. The van der Waals surface area contributed by atoms with Crippen LogP contribution in [-0.4, -0.2) is 39.6 Å². The Morgan fingerprint density at radius 2 is 2.00 bits per heavy atom. The van der Waals surface area contributed by atoms with Crippen LogP contribution >= 0.6 is 35.5 Å². The van der Waals surface area contributed by atoms with Crippen LogP contribution in [0.15, 0.2) is 0 Å². The van der Waals surface area contributed by atoms with Gasteiger partial charge in [-0.2, -0.15) is 12.6 Å². The third kappa shape index (κ3) is 2.16. The fraction of sp³-hybridized carbons (Fsp3) is 1.00. The first kappa shape index (κ1) is 10.5. The largest absolute Gasteiger partial charge is 0.291 e. The van der Waals surface area contributed by atoms with E-state index in [0.717, 1.165) is 0 Å². The molecule has 0 radical (unpaired) electrons. The summed E-state index contributed by atoms with van der Waals surface area (Å²) in [7, 11) is 0. The molecule has 0 bridgehead atoms. The second-order valence-electron chi connectivity index (χ2n) is 4.45. The molecular weight excluding hydrogens is 295 g/mol. The minimum absolute atomic E-state index is 0.433. The zero-order chi connectivity index (χ0) is 9.47. The normalized spacial score (nSPS) is 39.0. The average molecular weight is 312 g/mol. The Kier molecular flexibility index (Phi) is 3.13. The van der Waals surface area contributed by atoms with Crippen molar-refractivity contribution in [3.05, 3.63) is 0 Å². The molecule has 0 N–H and O–H groups in total. The third-order valence-electron chi connectivity index (χ3n) is 3.39. The highest BCUT2D eigenvalue weighted by atomic mass is 127. The maximum atomic E-state index is 4.50. The maximum absolute atomic E-state index is 4.50. The molecule has 2 saturated heterocycles. The molecule has 2 fully saturated rings. The van der Waals surface area contributed by atoms with Gasteiger partial charge in [-0.3, -0.25) is 4.90 Å². The standard InChI is InChI=1S/C9H17IN2S/c1-8(13)11-4-2-9(6-11)3-5-12(10)7-9/h8,13H,2-7H2,1H3/t8-,9?/m0/s1. The van der Waals surface area contributed by atoms with Crippen molar-refractivity contribution in [3.8, 4) is 0 Å². The van der Waals surface area contributed by atoms with Gasteiger partial charge in [0.05, 0.1) is 0 Å². The fourth-order valence-electron chi connectivity index (χ4n) is 2.50. The Hall–Kier alpha value is 1.00. The van der Waals surface area contributed by atoms with Gasteiger partial charge in [-0.05, 0) is 31.7 Å². The highest BCUT2D eigenvalue weighted by Crippen LogP contribution is 2.41. The lowest BCUT2D eigenvalue weighted by Gasteiger charge is -2.25. The minimum Gasteiger partial charge on any atom is -0.291 e. The molecular formula is C9H17IN2S. The van der Waals surface area contributed by atoms with E-state index in [1.165, 1.54) is 39.0 Å². The van der Waals surface area contributed by atoms with Crippen LogP contribution in [0, 0.1) is 5.41 Å². The quantitative estimate of drug-likeness (QED) is 0.449. The Balaban J connectivity index is 1.97. The molecule has 0 aromatic rings. The molecule has 2 nitrogen and oxygen atoms in total. The van der Waals surface area contributed by atoms with E-state index in [9.17, 15) is 0 Å². The first-order chi connectivity index (χ1) is 6.11. The Morgan fingerprint density at radius 3 is 2.46 bits per heavy atom. The number of thiol groups is 1. The van der Waals surface area contributed by atoms with Gasteiger partial charge in [0, 0.05) is 47.9 Å². The summed E-state index contributed by atoms with van der Waals surface area (Å²) < 4.78 is 2.43. The lowest BCUT2D eigenvalue weighted by Crippen LogP contribution is -2.31. The van der Waals surface area contributed by atoms with Crippen LogP contribution in [0.2, 0.25) is 0 Å². The van der Waals surface area contributed by atoms with Crippen molar-refractivity contribution in [1.29, 1.82) is 0 Å². The van der Waals surface area contributed by atoms with Crippen molar-refractivity contribution in [2.24, 2.45) is 5.41 Å². The highest BCUT2D eigenvalue weighted by Gasteiger charge is 2.43. The Labute approximate surface area is 99.9 Å².